The van der Waals surface area contributed by atoms with Crippen LogP contribution in [0.25, 0.3) is 0 Å². The number of aliphatic hydroxyl groups excluding tert-OH is 1. The number of aryl methyl sites for hydroxylation is 1. The zero-order valence-corrected chi connectivity index (χ0v) is 27.0. The predicted octanol–water partition coefficient (Wildman–Crippen LogP) is 6.36. The van der Waals surface area contributed by atoms with Crippen molar-refractivity contribution in [3.63, 3.8) is 0 Å². The Kier molecular flexibility index (Phi) is 12.5. The molecule has 4 N–H and O–H groups in total. The summed E-state index contributed by atoms with van der Waals surface area (Å²) in [5, 5.41) is 19.3. The van der Waals surface area contributed by atoms with E-state index in [-0.39, 0.29) is 11.8 Å². The number of carbonyl (C=O) groups is 2. The summed E-state index contributed by atoms with van der Waals surface area (Å²) in [5.41, 5.74) is 6.89. The number of rotatable bonds is 7. The van der Waals surface area contributed by atoms with Crippen molar-refractivity contribution < 1.29 is 19.1 Å². The summed E-state index contributed by atoms with van der Waals surface area (Å²) in [6.45, 7) is 9.70. The number of nitrogens with one attached hydrogen (secondary N) is 3. The van der Waals surface area contributed by atoms with Crippen LogP contribution in [0.2, 0.25) is 0 Å². The number of nitrogens with zero attached hydrogens (tertiary/aromatic N) is 2. The first-order valence-electron chi connectivity index (χ1n) is 16.2. The van der Waals surface area contributed by atoms with Gasteiger partial charge in [0.15, 0.2) is 0 Å². The minimum absolute atomic E-state index is 0.300. The van der Waals surface area contributed by atoms with E-state index in [2.05, 4.69) is 66.1 Å². The van der Waals surface area contributed by atoms with Crippen LogP contribution in [-0.2, 0) is 6.54 Å². The van der Waals surface area contributed by atoms with Crippen LogP contribution in [0.4, 0.5) is 10.2 Å². The molecule has 0 spiro atoms. The topological polar surface area (TPSA) is 107 Å². The molecule has 4 rings (SSSR count). The summed E-state index contributed by atoms with van der Waals surface area (Å²) in [7, 11) is 0. The number of hydrogen-bond donors (Lipinski definition) is 4. The average Bonchev–Trinajstić information content (AvgIpc) is 3.01. The Morgan fingerprint density at radius 1 is 1.09 bits per heavy atom. The summed E-state index contributed by atoms with van der Waals surface area (Å²) in [4.78, 5) is 31.5. The summed E-state index contributed by atoms with van der Waals surface area (Å²) in [6.07, 6.45) is 4.59. The number of pyridine rings is 1. The lowest BCUT2D eigenvalue weighted by atomic mass is 9.92. The summed E-state index contributed by atoms with van der Waals surface area (Å²) < 4.78 is 13.5. The molecule has 1 aliphatic heterocycles. The molecular weight excluding hydrogens is 569 g/mol. The maximum absolute atomic E-state index is 13.6. The van der Waals surface area contributed by atoms with Crippen LogP contribution in [0.3, 0.4) is 0 Å². The number of carbonyl (C=O) groups excluding carboxylic acids is 2. The van der Waals surface area contributed by atoms with Crippen LogP contribution in [-0.4, -0.2) is 52.1 Å². The van der Waals surface area contributed by atoms with Gasteiger partial charge in [0, 0.05) is 36.5 Å². The van der Waals surface area contributed by atoms with Gasteiger partial charge in [-0.25, -0.2) is 9.37 Å². The zero-order chi connectivity index (χ0) is 32.3. The smallest absolute Gasteiger partial charge is 0.272 e. The first-order valence-corrected chi connectivity index (χ1v) is 16.2. The highest BCUT2D eigenvalue weighted by atomic mass is 19.1. The number of aliphatic hydroxyl groups is 1. The summed E-state index contributed by atoms with van der Waals surface area (Å²) in [6, 6.07) is 16.8. The molecule has 242 valence electrons. The number of hydrazine groups is 1. The van der Waals surface area contributed by atoms with E-state index in [1.807, 2.05) is 0 Å². The fraction of sp³-hybridized carbons (Fsp3) is 0.472. The SMILES string of the molecule is Cc1cc2cc(n1)NN(C(=O)c1ccc(F)cc1)CCCCCC[C@@H](C)C[C@@H]([C@H](O)CNCc1cccc(C(C)C)c1)NC2=O. The summed E-state index contributed by atoms with van der Waals surface area (Å²) in [5.74, 6) is 0.0792. The van der Waals surface area contributed by atoms with Crippen molar-refractivity contribution in [1.82, 2.24) is 20.6 Å². The Labute approximate surface area is 266 Å². The van der Waals surface area contributed by atoms with Crippen molar-refractivity contribution in [3.05, 3.63) is 94.4 Å². The number of aromatic nitrogens is 1. The van der Waals surface area contributed by atoms with Crippen molar-refractivity contribution in [2.75, 3.05) is 18.5 Å². The second-order valence-corrected chi connectivity index (χ2v) is 12.7. The van der Waals surface area contributed by atoms with Crippen LogP contribution >= 0.6 is 0 Å². The van der Waals surface area contributed by atoms with E-state index in [1.54, 1.807) is 19.1 Å². The number of anilines is 1. The highest BCUT2D eigenvalue weighted by Gasteiger charge is 2.25. The van der Waals surface area contributed by atoms with Gasteiger partial charge in [-0.15, -0.1) is 0 Å². The van der Waals surface area contributed by atoms with Gasteiger partial charge in [-0.05, 0) is 79.1 Å². The van der Waals surface area contributed by atoms with E-state index in [4.69, 9.17) is 0 Å². The highest BCUT2D eigenvalue weighted by Crippen LogP contribution is 2.21. The Hall–Kier alpha value is -3.82. The number of benzene rings is 2. The Balaban J connectivity index is 1.50. The molecule has 0 radical (unpaired) electrons. The molecule has 8 nitrogen and oxygen atoms in total. The maximum atomic E-state index is 13.6. The van der Waals surface area contributed by atoms with Crippen molar-refractivity contribution in [1.29, 1.82) is 0 Å². The third-order valence-corrected chi connectivity index (χ3v) is 8.37. The first kappa shape index (κ1) is 34.1. The lowest BCUT2D eigenvalue weighted by Crippen LogP contribution is -2.48. The first-order chi connectivity index (χ1) is 21.6. The molecule has 1 aliphatic rings. The fourth-order valence-corrected chi connectivity index (χ4v) is 5.75. The summed E-state index contributed by atoms with van der Waals surface area (Å²) >= 11 is 0. The monoisotopic (exact) mass is 617 g/mol. The van der Waals surface area contributed by atoms with Crippen LogP contribution in [0.15, 0.2) is 60.7 Å². The molecule has 3 aromatic rings. The number of amides is 2. The minimum atomic E-state index is -0.784. The normalized spacial score (nSPS) is 19.1. The molecule has 0 saturated carbocycles. The van der Waals surface area contributed by atoms with Gasteiger partial charge in [-0.3, -0.25) is 20.0 Å². The zero-order valence-electron chi connectivity index (χ0n) is 27.0. The van der Waals surface area contributed by atoms with Crippen molar-refractivity contribution >= 4 is 17.6 Å². The van der Waals surface area contributed by atoms with E-state index in [1.165, 1.54) is 34.8 Å². The van der Waals surface area contributed by atoms with Crippen LogP contribution in [0.1, 0.15) is 103 Å². The molecule has 45 heavy (non-hydrogen) atoms. The van der Waals surface area contributed by atoms with Crippen molar-refractivity contribution in [2.45, 2.75) is 90.8 Å². The largest absolute Gasteiger partial charge is 0.390 e. The molecule has 2 aromatic carbocycles. The number of halogens is 1. The number of hydrogen-bond acceptors (Lipinski definition) is 6. The Bertz CT molecular complexity index is 1410. The van der Waals surface area contributed by atoms with E-state index in [9.17, 15) is 19.1 Å². The molecule has 2 bridgehead atoms. The van der Waals surface area contributed by atoms with Gasteiger partial charge in [0.25, 0.3) is 11.8 Å². The molecule has 9 heteroatoms. The highest BCUT2D eigenvalue weighted by molar-refractivity contribution is 5.96. The standard InChI is InChI=1S/C36H48FN5O3/c1-24(2)29-12-9-11-27(20-29)22-38-23-33(43)32-18-25(3)10-7-5-6-8-17-42(36(45)28-13-15-31(37)16-14-28)41-34-21-30(35(44)40-32)19-26(4)39-34/h9,11-16,19-21,24-25,32-33,38,43H,5-8,10,17-18,22-23H2,1-4H3,(H,39,41)(H,40,44)/t25-,32+,33-/m1/s1. The average molecular weight is 618 g/mol. The number of fused-ring (bicyclic) bond motifs is 2. The minimum Gasteiger partial charge on any atom is -0.390 e. The van der Waals surface area contributed by atoms with Gasteiger partial charge >= 0.3 is 0 Å². The van der Waals surface area contributed by atoms with Crippen molar-refractivity contribution in [3.8, 4) is 0 Å². The van der Waals surface area contributed by atoms with Crippen LogP contribution in [0, 0.1) is 18.7 Å². The molecule has 2 amide bonds. The fourth-order valence-electron chi connectivity index (χ4n) is 5.75. The molecule has 0 fully saturated rings. The van der Waals surface area contributed by atoms with Gasteiger partial charge in [0.1, 0.15) is 11.6 Å². The molecule has 0 aliphatic carbocycles. The van der Waals surface area contributed by atoms with E-state index >= 15 is 0 Å². The second kappa shape index (κ2) is 16.5. The molecule has 0 unspecified atom stereocenters. The lowest BCUT2D eigenvalue weighted by Gasteiger charge is -2.28. The third-order valence-electron chi connectivity index (χ3n) is 8.37. The third kappa shape index (κ3) is 10.4. The lowest BCUT2D eigenvalue weighted by molar-refractivity contribution is 0.0789. The van der Waals surface area contributed by atoms with Crippen molar-refractivity contribution in [2.24, 2.45) is 5.92 Å². The molecule has 3 atom stereocenters. The van der Waals surface area contributed by atoms with E-state index in [0.29, 0.717) is 60.5 Å². The second-order valence-electron chi connectivity index (χ2n) is 12.7. The Morgan fingerprint density at radius 3 is 2.60 bits per heavy atom. The molecular formula is C36H48FN5O3. The van der Waals surface area contributed by atoms with Gasteiger partial charge in [0.05, 0.1) is 12.1 Å². The van der Waals surface area contributed by atoms with Gasteiger partial charge in [0.2, 0.25) is 0 Å². The quantitative estimate of drug-likeness (QED) is 0.246. The Morgan fingerprint density at radius 2 is 1.84 bits per heavy atom. The van der Waals surface area contributed by atoms with Gasteiger partial charge in [-0.1, -0.05) is 70.7 Å². The van der Waals surface area contributed by atoms with Gasteiger partial charge < -0.3 is 15.7 Å². The molecule has 0 saturated heterocycles. The van der Waals surface area contributed by atoms with Gasteiger partial charge in [-0.2, -0.15) is 0 Å². The van der Waals surface area contributed by atoms with E-state index < -0.39 is 18.0 Å². The van der Waals surface area contributed by atoms with Crippen LogP contribution < -0.4 is 16.1 Å². The maximum Gasteiger partial charge on any atom is 0.272 e. The molecule has 1 aromatic heterocycles. The van der Waals surface area contributed by atoms with E-state index in [0.717, 1.165) is 37.7 Å². The molecule has 2 heterocycles. The predicted molar refractivity (Wildman–Crippen MR) is 176 cm³/mol. The van der Waals surface area contributed by atoms with Crippen LogP contribution in [0.5, 0.6) is 0 Å².